The van der Waals surface area contributed by atoms with Crippen LogP contribution in [0.15, 0.2) is 36.4 Å². The summed E-state index contributed by atoms with van der Waals surface area (Å²) < 4.78 is 2.06. The van der Waals surface area contributed by atoms with E-state index in [0.717, 1.165) is 5.69 Å². The van der Waals surface area contributed by atoms with Gasteiger partial charge in [0.05, 0.1) is 11.4 Å². The number of aromatic nitrogens is 2. The van der Waals surface area contributed by atoms with E-state index in [0.29, 0.717) is 5.92 Å². The lowest BCUT2D eigenvalue weighted by Gasteiger charge is -2.00. The van der Waals surface area contributed by atoms with Crippen molar-refractivity contribution in [2.75, 3.05) is 0 Å². The van der Waals surface area contributed by atoms with Crippen molar-refractivity contribution in [3.8, 4) is 5.69 Å². The number of nitrogens with zero attached hydrogens (tertiary/aromatic N) is 2. The molecule has 1 aliphatic carbocycles. The van der Waals surface area contributed by atoms with E-state index in [-0.39, 0.29) is 0 Å². The van der Waals surface area contributed by atoms with Crippen LogP contribution >= 0.6 is 11.3 Å². The van der Waals surface area contributed by atoms with Crippen LogP contribution in [0.1, 0.15) is 24.5 Å². The molecule has 2 heterocycles. The van der Waals surface area contributed by atoms with Gasteiger partial charge in [0.25, 0.3) is 0 Å². The maximum atomic E-state index is 4.79. The number of hydrogen-bond donors (Lipinski definition) is 0. The Hall–Kier alpha value is -1.61. The number of rotatable bonds is 2. The van der Waals surface area contributed by atoms with Gasteiger partial charge < -0.3 is 0 Å². The Morgan fingerprint density at radius 1 is 1.24 bits per heavy atom. The quantitative estimate of drug-likeness (QED) is 0.665. The van der Waals surface area contributed by atoms with Gasteiger partial charge in [0.2, 0.25) is 0 Å². The van der Waals surface area contributed by atoms with Gasteiger partial charge in [0, 0.05) is 16.7 Å². The molecule has 2 aromatic heterocycles. The van der Waals surface area contributed by atoms with Gasteiger partial charge in [0.1, 0.15) is 4.83 Å². The molecule has 3 aromatic rings. The monoisotopic (exact) mass is 239 g/mol. The molecule has 0 bridgehead atoms. The summed E-state index contributed by atoms with van der Waals surface area (Å²) in [5.74, 6) is 0.686. The summed E-state index contributed by atoms with van der Waals surface area (Å²) in [7, 11) is 0. The van der Waals surface area contributed by atoms with Crippen LogP contribution in [0.5, 0.6) is 0 Å². The van der Waals surface area contributed by atoms with Crippen molar-refractivity contribution in [1.82, 2.24) is 9.78 Å². The van der Waals surface area contributed by atoms with Crippen LogP contribution in [0, 0.1) is 5.38 Å². The van der Waals surface area contributed by atoms with Gasteiger partial charge in [-0.1, -0.05) is 18.2 Å². The molecule has 0 saturated heterocycles. The molecule has 2 nitrogen and oxygen atoms in total. The van der Waals surface area contributed by atoms with Gasteiger partial charge in [0.15, 0.2) is 0 Å². The molecule has 3 heteroatoms. The standard InChI is InChI=1S/C14H11N2S/c1-2-4-11(5-3-1)16-14-12(8-9-17-14)13(15-16)10-6-7-10/h1-5,8,10H,6-7H2. The van der Waals surface area contributed by atoms with Gasteiger partial charge in [-0.05, 0) is 31.0 Å². The van der Waals surface area contributed by atoms with Gasteiger partial charge in [-0.25, -0.2) is 4.68 Å². The maximum absolute atomic E-state index is 4.79. The van der Waals surface area contributed by atoms with Gasteiger partial charge in [-0.15, -0.1) is 11.3 Å². The number of benzene rings is 1. The van der Waals surface area contributed by atoms with Crippen LogP contribution in [-0.2, 0) is 0 Å². The van der Waals surface area contributed by atoms with Gasteiger partial charge >= 0.3 is 0 Å². The summed E-state index contributed by atoms with van der Waals surface area (Å²) in [5, 5.41) is 9.31. The Kier molecular flexibility index (Phi) is 1.91. The fraction of sp³-hybridized carbons (Fsp3) is 0.214. The van der Waals surface area contributed by atoms with Crippen LogP contribution in [0.4, 0.5) is 0 Å². The van der Waals surface area contributed by atoms with Crippen molar-refractivity contribution < 1.29 is 0 Å². The molecule has 4 rings (SSSR count). The molecule has 1 radical (unpaired) electrons. The Bertz CT molecular complexity index is 662. The lowest BCUT2D eigenvalue weighted by Crippen LogP contribution is -1.95. The van der Waals surface area contributed by atoms with E-state index in [1.165, 1.54) is 28.8 Å². The fourth-order valence-corrected chi connectivity index (χ4v) is 3.01. The van der Waals surface area contributed by atoms with Crippen molar-refractivity contribution in [1.29, 1.82) is 0 Å². The van der Waals surface area contributed by atoms with Crippen molar-refractivity contribution in [3.05, 3.63) is 47.5 Å². The van der Waals surface area contributed by atoms with Gasteiger partial charge in [-0.2, -0.15) is 5.10 Å². The zero-order valence-corrected chi connectivity index (χ0v) is 10.1. The van der Waals surface area contributed by atoms with Crippen molar-refractivity contribution >= 4 is 21.6 Å². The minimum atomic E-state index is 0.686. The largest absolute Gasteiger partial charge is 0.223 e. The van der Waals surface area contributed by atoms with E-state index >= 15 is 0 Å². The van der Waals surface area contributed by atoms with Crippen LogP contribution in [0.2, 0.25) is 0 Å². The Morgan fingerprint density at radius 2 is 2.06 bits per heavy atom. The van der Waals surface area contributed by atoms with Gasteiger partial charge in [-0.3, -0.25) is 0 Å². The highest BCUT2D eigenvalue weighted by molar-refractivity contribution is 7.16. The van der Waals surface area contributed by atoms with E-state index < -0.39 is 0 Å². The molecule has 17 heavy (non-hydrogen) atoms. The molecule has 0 spiro atoms. The third-order valence-corrected chi connectivity index (χ3v) is 4.05. The molecule has 0 atom stereocenters. The van der Waals surface area contributed by atoms with E-state index in [1.54, 1.807) is 11.3 Å². The molecule has 1 fully saturated rings. The molecule has 0 N–H and O–H groups in total. The summed E-state index contributed by atoms with van der Waals surface area (Å²) in [5.41, 5.74) is 2.40. The number of thiophene rings is 1. The minimum absolute atomic E-state index is 0.686. The Labute approximate surface area is 104 Å². The SMILES string of the molecule is [c]1cc2c(C3CC3)nn(-c3ccccc3)c2s1. The van der Waals surface area contributed by atoms with Crippen LogP contribution < -0.4 is 0 Å². The Balaban J connectivity index is 1.98. The zero-order chi connectivity index (χ0) is 11.2. The summed E-state index contributed by atoms with van der Waals surface area (Å²) in [4.78, 5) is 1.22. The first-order chi connectivity index (χ1) is 8.43. The average Bonchev–Trinajstić information content (AvgIpc) is 2.99. The molecule has 83 valence electrons. The third kappa shape index (κ3) is 1.42. The number of hydrogen-bond acceptors (Lipinski definition) is 2. The predicted molar refractivity (Wildman–Crippen MR) is 69.8 cm³/mol. The maximum Gasteiger partial charge on any atom is 0.128 e. The highest BCUT2D eigenvalue weighted by Gasteiger charge is 2.29. The molecule has 1 saturated carbocycles. The molecule has 0 amide bonds. The summed E-state index contributed by atoms with van der Waals surface area (Å²) in [6, 6.07) is 12.4. The van der Waals surface area contributed by atoms with E-state index in [2.05, 4.69) is 40.4 Å². The summed E-state index contributed by atoms with van der Waals surface area (Å²) >= 11 is 1.65. The number of para-hydroxylation sites is 1. The van der Waals surface area contributed by atoms with Crippen LogP contribution in [0.25, 0.3) is 15.9 Å². The predicted octanol–water partition coefficient (Wildman–Crippen LogP) is 3.76. The smallest absolute Gasteiger partial charge is 0.128 e. The van der Waals surface area contributed by atoms with Crippen LogP contribution in [0.3, 0.4) is 0 Å². The summed E-state index contributed by atoms with van der Waals surface area (Å²) in [6.45, 7) is 0. The first-order valence-corrected chi connectivity index (χ1v) is 6.69. The van der Waals surface area contributed by atoms with Crippen molar-refractivity contribution in [2.45, 2.75) is 18.8 Å². The molecule has 0 unspecified atom stereocenters. The molecule has 0 aliphatic heterocycles. The first kappa shape index (κ1) is 9.42. The normalized spacial score (nSPS) is 15.5. The minimum Gasteiger partial charge on any atom is -0.223 e. The zero-order valence-electron chi connectivity index (χ0n) is 9.26. The van der Waals surface area contributed by atoms with E-state index in [4.69, 9.17) is 5.10 Å². The highest BCUT2D eigenvalue weighted by Crippen LogP contribution is 2.43. The molecular formula is C14H11N2S. The molecular weight excluding hydrogens is 228 g/mol. The third-order valence-electron chi connectivity index (χ3n) is 3.23. The van der Waals surface area contributed by atoms with Crippen molar-refractivity contribution in [3.63, 3.8) is 0 Å². The topological polar surface area (TPSA) is 17.8 Å². The average molecular weight is 239 g/mol. The highest BCUT2D eigenvalue weighted by atomic mass is 32.1. The van der Waals surface area contributed by atoms with E-state index in [9.17, 15) is 0 Å². The molecule has 1 aromatic carbocycles. The second-order valence-corrected chi connectivity index (χ2v) is 5.32. The van der Waals surface area contributed by atoms with E-state index in [1.807, 2.05) is 6.07 Å². The summed E-state index contributed by atoms with van der Waals surface area (Å²) in [6.07, 6.45) is 2.58. The lowest BCUT2D eigenvalue weighted by molar-refractivity contribution is 0.861. The second kappa shape index (κ2) is 3.44. The Morgan fingerprint density at radius 3 is 2.82 bits per heavy atom. The van der Waals surface area contributed by atoms with Crippen LogP contribution in [-0.4, -0.2) is 9.78 Å². The second-order valence-electron chi connectivity index (χ2n) is 4.49. The molecule has 1 aliphatic rings. The number of fused-ring (bicyclic) bond motifs is 1. The fourth-order valence-electron chi connectivity index (χ4n) is 2.21. The lowest BCUT2D eigenvalue weighted by atomic mass is 10.2. The first-order valence-electron chi connectivity index (χ1n) is 5.87. The van der Waals surface area contributed by atoms with Crippen molar-refractivity contribution in [2.24, 2.45) is 0 Å².